The second kappa shape index (κ2) is 10.3. The summed E-state index contributed by atoms with van der Waals surface area (Å²) in [4.78, 5) is 2.38. The lowest BCUT2D eigenvalue weighted by Gasteiger charge is -2.33. The van der Waals surface area contributed by atoms with Crippen LogP contribution in [0.3, 0.4) is 0 Å². The molecular weight excluding hydrogens is 354 g/mol. The van der Waals surface area contributed by atoms with E-state index in [1.807, 2.05) is 18.2 Å². The van der Waals surface area contributed by atoms with E-state index in [-0.39, 0.29) is 6.04 Å². The molecule has 0 aromatic heterocycles. The molecule has 5 nitrogen and oxygen atoms in total. The Hall–Kier alpha value is -2.34. The van der Waals surface area contributed by atoms with Crippen LogP contribution in [0.15, 0.2) is 60.7 Å². The molecule has 1 fully saturated rings. The summed E-state index contributed by atoms with van der Waals surface area (Å²) in [5.41, 5.74) is 3.33. The van der Waals surface area contributed by atoms with Gasteiger partial charge in [-0.25, -0.2) is 0 Å². The number of hydrogen-bond donors (Lipinski definition) is 0. The fraction of sp³-hybridized carbons (Fsp3) is 0.391. The van der Waals surface area contributed by atoms with Crippen LogP contribution in [-0.2, 0) is 22.6 Å². The summed E-state index contributed by atoms with van der Waals surface area (Å²) < 4.78 is 22.7. The van der Waals surface area contributed by atoms with Gasteiger partial charge in [-0.2, -0.15) is 0 Å². The zero-order valence-corrected chi connectivity index (χ0v) is 16.7. The number of rotatable bonds is 7. The topological polar surface area (TPSA) is 40.2 Å². The minimum Gasteiger partial charge on any atom is -0.497 e. The average Bonchev–Trinajstić information content (AvgIpc) is 2.71. The van der Waals surface area contributed by atoms with Crippen molar-refractivity contribution in [3.8, 4) is 11.5 Å². The van der Waals surface area contributed by atoms with Crippen molar-refractivity contribution in [2.75, 3.05) is 40.6 Å². The number of hydrogen-bond acceptors (Lipinski definition) is 5. The Bertz CT molecular complexity index is 750. The van der Waals surface area contributed by atoms with Gasteiger partial charge < -0.3 is 18.9 Å². The molecule has 0 unspecified atom stereocenters. The summed E-state index contributed by atoms with van der Waals surface area (Å²) >= 11 is 0. The summed E-state index contributed by atoms with van der Waals surface area (Å²) in [5, 5.41) is 0. The van der Waals surface area contributed by atoms with Crippen molar-refractivity contribution in [1.29, 1.82) is 0 Å². The maximum absolute atomic E-state index is 5.88. The molecule has 0 atom stereocenters. The fourth-order valence-corrected chi connectivity index (χ4v) is 3.31. The van der Waals surface area contributed by atoms with Crippen molar-refractivity contribution in [3.05, 3.63) is 71.8 Å². The Morgan fingerprint density at radius 3 is 2.32 bits per heavy atom. The van der Waals surface area contributed by atoms with E-state index < -0.39 is 0 Å². The standard InChI is InChI=1S/C23H29NO4/c1-18-14-27-16-21(17-28-15-18)24(12-19-7-5-4-6-8-19)13-20-9-10-22(25-2)11-23(20)26-3/h4-11,21H,1,12-17H2,2-3H3. The van der Waals surface area contributed by atoms with Crippen LogP contribution < -0.4 is 9.47 Å². The van der Waals surface area contributed by atoms with Gasteiger partial charge in [0.15, 0.2) is 0 Å². The first-order chi connectivity index (χ1) is 13.7. The quantitative estimate of drug-likeness (QED) is 0.682. The maximum atomic E-state index is 5.88. The molecule has 2 aromatic rings. The van der Waals surface area contributed by atoms with Crippen molar-refractivity contribution in [3.63, 3.8) is 0 Å². The van der Waals surface area contributed by atoms with Gasteiger partial charge in [0.2, 0.25) is 0 Å². The average molecular weight is 383 g/mol. The van der Waals surface area contributed by atoms with E-state index in [1.165, 1.54) is 5.56 Å². The van der Waals surface area contributed by atoms with Gasteiger partial charge >= 0.3 is 0 Å². The Labute approximate surface area is 167 Å². The first-order valence-corrected chi connectivity index (χ1v) is 9.50. The van der Waals surface area contributed by atoms with Crippen LogP contribution in [0.4, 0.5) is 0 Å². The van der Waals surface area contributed by atoms with Crippen LogP contribution in [0.5, 0.6) is 11.5 Å². The number of ether oxygens (including phenoxy) is 4. The third kappa shape index (κ3) is 5.58. The summed E-state index contributed by atoms with van der Waals surface area (Å²) in [6.07, 6.45) is 0. The summed E-state index contributed by atoms with van der Waals surface area (Å²) in [6.45, 7) is 7.78. The molecule has 3 rings (SSSR count). The largest absolute Gasteiger partial charge is 0.497 e. The highest BCUT2D eigenvalue weighted by atomic mass is 16.5. The molecule has 0 aliphatic carbocycles. The van der Waals surface area contributed by atoms with Gasteiger partial charge in [-0.3, -0.25) is 4.90 Å². The molecule has 1 heterocycles. The lowest BCUT2D eigenvalue weighted by atomic mass is 10.1. The van der Waals surface area contributed by atoms with E-state index >= 15 is 0 Å². The lowest BCUT2D eigenvalue weighted by molar-refractivity contribution is -0.0115. The molecule has 1 saturated heterocycles. The predicted octanol–water partition coefficient (Wildman–Crippen LogP) is 3.68. The third-order valence-corrected chi connectivity index (χ3v) is 4.85. The summed E-state index contributed by atoms with van der Waals surface area (Å²) in [5.74, 6) is 1.60. The lowest BCUT2D eigenvalue weighted by Crippen LogP contribution is -2.42. The van der Waals surface area contributed by atoms with E-state index in [9.17, 15) is 0 Å². The van der Waals surface area contributed by atoms with E-state index in [2.05, 4.69) is 41.8 Å². The van der Waals surface area contributed by atoms with Crippen molar-refractivity contribution >= 4 is 0 Å². The molecule has 0 bridgehead atoms. The molecular formula is C23H29NO4. The first-order valence-electron chi connectivity index (χ1n) is 9.50. The Morgan fingerprint density at radius 1 is 0.964 bits per heavy atom. The Morgan fingerprint density at radius 2 is 1.68 bits per heavy atom. The maximum Gasteiger partial charge on any atom is 0.127 e. The SMILES string of the molecule is C=C1COCC(N(Cc2ccccc2)Cc2ccc(OC)cc2OC)COC1. The first kappa shape index (κ1) is 20.4. The minimum absolute atomic E-state index is 0.139. The van der Waals surface area contributed by atoms with Crippen molar-refractivity contribution < 1.29 is 18.9 Å². The van der Waals surface area contributed by atoms with E-state index in [0.29, 0.717) is 26.4 Å². The number of nitrogens with zero attached hydrogens (tertiary/aromatic N) is 1. The summed E-state index contributed by atoms with van der Waals surface area (Å²) in [7, 11) is 3.35. The predicted molar refractivity (Wildman–Crippen MR) is 110 cm³/mol. The van der Waals surface area contributed by atoms with E-state index in [1.54, 1.807) is 14.2 Å². The molecule has 1 aliphatic heterocycles. The van der Waals surface area contributed by atoms with Crippen molar-refractivity contribution in [2.45, 2.75) is 19.1 Å². The zero-order valence-electron chi connectivity index (χ0n) is 16.7. The van der Waals surface area contributed by atoms with Gasteiger partial charge in [0.1, 0.15) is 11.5 Å². The number of methoxy groups -OCH3 is 2. The Balaban J connectivity index is 1.82. The molecule has 0 amide bonds. The second-order valence-electron chi connectivity index (χ2n) is 7.00. The monoisotopic (exact) mass is 383 g/mol. The van der Waals surface area contributed by atoms with Gasteiger partial charge in [-0.05, 0) is 17.2 Å². The molecule has 0 spiro atoms. The second-order valence-corrected chi connectivity index (χ2v) is 7.00. The van der Waals surface area contributed by atoms with Crippen LogP contribution in [0.2, 0.25) is 0 Å². The smallest absolute Gasteiger partial charge is 0.127 e. The van der Waals surface area contributed by atoms with Crippen LogP contribution in [-0.4, -0.2) is 51.6 Å². The molecule has 0 radical (unpaired) electrons. The van der Waals surface area contributed by atoms with Gasteiger partial charge in [0.05, 0.1) is 46.7 Å². The van der Waals surface area contributed by atoms with Crippen LogP contribution >= 0.6 is 0 Å². The van der Waals surface area contributed by atoms with E-state index in [4.69, 9.17) is 18.9 Å². The highest BCUT2D eigenvalue weighted by Gasteiger charge is 2.23. The van der Waals surface area contributed by atoms with Crippen molar-refractivity contribution in [2.24, 2.45) is 0 Å². The number of benzene rings is 2. The van der Waals surface area contributed by atoms with E-state index in [0.717, 1.165) is 35.7 Å². The molecule has 2 aromatic carbocycles. The molecule has 28 heavy (non-hydrogen) atoms. The molecule has 5 heteroatoms. The highest BCUT2D eigenvalue weighted by molar-refractivity contribution is 5.40. The third-order valence-electron chi connectivity index (χ3n) is 4.85. The molecule has 0 saturated carbocycles. The Kier molecular flexibility index (Phi) is 7.48. The van der Waals surface area contributed by atoms with Gasteiger partial charge in [0, 0.05) is 24.7 Å². The minimum atomic E-state index is 0.139. The van der Waals surface area contributed by atoms with Gasteiger partial charge in [-0.1, -0.05) is 43.0 Å². The van der Waals surface area contributed by atoms with Crippen LogP contribution in [0.1, 0.15) is 11.1 Å². The van der Waals surface area contributed by atoms with Crippen LogP contribution in [0, 0.1) is 0 Å². The summed E-state index contributed by atoms with van der Waals surface area (Å²) in [6, 6.07) is 16.5. The fourth-order valence-electron chi connectivity index (χ4n) is 3.31. The normalized spacial score (nSPS) is 15.9. The van der Waals surface area contributed by atoms with Gasteiger partial charge in [-0.15, -0.1) is 0 Å². The molecule has 150 valence electrons. The molecule has 1 aliphatic rings. The highest BCUT2D eigenvalue weighted by Crippen LogP contribution is 2.27. The van der Waals surface area contributed by atoms with Gasteiger partial charge in [0.25, 0.3) is 0 Å². The van der Waals surface area contributed by atoms with Crippen molar-refractivity contribution in [1.82, 2.24) is 4.90 Å². The molecule has 0 N–H and O–H groups in total. The van der Waals surface area contributed by atoms with Crippen LogP contribution in [0.25, 0.3) is 0 Å². The zero-order chi connectivity index (χ0) is 19.8.